The molecule has 5 nitrogen and oxygen atoms in total. The van der Waals surface area contributed by atoms with Gasteiger partial charge in [-0.2, -0.15) is 13.2 Å². The highest BCUT2D eigenvalue weighted by atomic mass is 19.4. The van der Waals surface area contributed by atoms with E-state index in [2.05, 4.69) is 5.32 Å². The van der Waals surface area contributed by atoms with Gasteiger partial charge in [-0.05, 0) is 61.4 Å². The van der Waals surface area contributed by atoms with Gasteiger partial charge in [-0.25, -0.2) is 0 Å². The Morgan fingerprint density at radius 2 is 1.79 bits per heavy atom. The minimum Gasteiger partial charge on any atom is -0.494 e. The Morgan fingerprint density at radius 1 is 1.11 bits per heavy atom. The van der Waals surface area contributed by atoms with Crippen LogP contribution in [0.15, 0.2) is 42.5 Å². The van der Waals surface area contributed by atoms with Crippen LogP contribution >= 0.6 is 0 Å². The van der Waals surface area contributed by atoms with Crippen LogP contribution in [0.3, 0.4) is 0 Å². The van der Waals surface area contributed by atoms with Crippen LogP contribution in [-0.4, -0.2) is 18.3 Å². The summed E-state index contributed by atoms with van der Waals surface area (Å²) < 4.78 is 44.2. The predicted molar refractivity (Wildman–Crippen MR) is 99.1 cm³/mol. The molecule has 0 aliphatic carbocycles. The molecule has 0 saturated heterocycles. The fraction of sp³-hybridized carbons (Fsp3) is 0.300. The Labute approximate surface area is 160 Å². The van der Waals surface area contributed by atoms with Crippen molar-refractivity contribution in [1.82, 2.24) is 0 Å². The van der Waals surface area contributed by atoms with Crippen molar-refractivity contribution in [2.24, 2.45) is 5.73 Å². The van der Waals surface area contributed by atoms with Crippen LogP contribution in [0.4, 0.5) is 18.9 Å². The molecule has 0 atom stereocenters. The van der Waals surface area contributed by atoms with Gasteiger partial charge in [0.25, 0.3) is 0 Å². The van der Waals surface area contributed by atoms with Crippen LogP contribution in [0.25, 0.3) is 0 Å². The molecular formula is C20H21F3N2O3. The summed E-state index contributed by atoms with van der Waals surface area (Å²) in [4.78, 5) is 23.2. The van der Waals surface area contributed by atoms with Gasteiger partial charge >= 0.3 is 6.18 Å². The number of alkyl halides is 3. The number of rotatable bonds is 8. The number of carbonyl (C=O) groups is 2. The lowest BCUT2D eigenvalue weighted by Gasteiger charge is -2.12. The average molecular weight is 394 g/mol. The highest BCUT2D eigenvalue weighted by molar-refractivity contribution is 5.94. The number of amides is 1. The van der Waals surface area contributed by atoms with Crippen LogP contribution in [0.2, 0.25) is 0 Å². The number of nitrogens with one attached hydrogen (secondary N) is 1. The zero-order chi connectivity index (χ0) is 20.7. The third kappa shape index (κ3) is 6.38. The summed E-state index contributed by atoms with van der Waals surface area (Å²) in [6.07, 6.45) is -4.06. The highest BCUT2D eigenvalue weighted by Gasteiger charge is 2.31. The molecule has 0 aliphatic heterocycles. The summed E-state index contributed by atoms with van der Waals surface area (Å²) in [5.74, 6) is 0.101. The molecular weight excluding hydrogens is 373 g/mol. The zero-order valence-corrected chi connectivity index (χ0v) is 15.3. The summed E-state index contributed by atoms with van der Waals surface area (Å²) in [6.45, 7) is 1.65. The first kappa shape index (κ1) is 21.4. The number of ether oxygens (including phenoxy) is 1. The van der Waals surface area contributed by atoms with Crippen molar-refractivity contribution in [2.45, 2.75) is 32.5 Å². The maximum absolute atomic E-state index is 12.9. The molecule has 0 spiro atoms. The molecule has 0 heterocycles. The minimum absolute atomic E-state index is 0.0457. The Balaban J connectivity index is 1.84. The summed E-state index contributed by atoms with van der Waals surface area (Å²) >= 11 is 0. The van der Waals surface area contributed by atoms with Crippen molar-refractivity contribution in [3.63, 3.8) is 0 Å². The Kier molecular flexibility index (Phi) is 7.17. The number of hydrogen-bond donors (Lipinski definition) is 2. The van der Waals surface area contributed by atoms with Gasteiger partial charge in [-0.3, -0.25) is 9.59 Å². The lowest BCUT2D eigenvalue weighted by atomic mass is 10.1. The maximum Gasteiger partial charge on any atom is 0.416 e. The van der Waals surface area contributed by atoms with E-state index in [1.165, 1.54) is 13.0 Å². The second-order valence-corrected chi connectivity index (χ2v) is 6.20. The SMILES string of the molecule is CC(=O)c1ccc(OCCCC(=O)Nc2cc(CN)cc(C(F)(F)F)c2)cc1. The van der Waals surface area contributed by atoms with Crippen LogP contribution in [0.1, 0.15) is 41.3 Å². The number of hydrogen-bond acceptors (Lipinski definition) is 4. The lowest BCUT2D eigenvalue weighted by Crippen LogP contribution is -2.15. The third-order valence-electron chi connectivity index (χ3n) is 3.92. The molecule has 0 radical (unpaired) electrons. The number of carbonyl (C=O) groups excluding carboxylic acids is 2. The van der Waals surface area contributed by atoms with Crippen molar-refractivity contribution in [2.75, 3.05) is 11.9 Å². The van der Waals surface area contributed by atoms with Gasteiger partial charge in [0.2, 0.25) is 5.91 Å². The van der Waals surface area contributed by atoms with Gasteiger partial charge in [0.1, 0.15) is 5.75 Å². The number of ketones is 1. The molecule has 0 aromatic heterocycles. The van der Waals surface area contributed by atoms with Gasteiger partial charge in [0.15, 0.2) is 5.78 Å². The summed E-state index contributed by atoms with van der Waals surface area (Å²) in [5.41, 5.74) is 5.48. The van der Waals surface area contributed by atoms with E-state index < -0.39 is 17.6 Å². The first-order chi connectivity index (χ1) is 13.2. The first-order valence-corrected chi connectivity index (χ1v) is 8.64. The normalized spacial score (nSPS) is 11.2. The largest absolute Gasteiger partial charge is 0.494 e. The van der Waals surface area contributed by atoms with Crippen LogP contribution in [0.5, 0.6) is 5.75 Å². The van der Waals surface area contributed by atoms with E-state index in [1.807, 2.05) is 0 Å². The van der Waals surface area contributed by atoms with E-state index in [4.69, 9.17) is 10.5 Å². The molecule has 1 amide bonds. The molecule has 0 aliphatic rings. The fourth-order valence-corrected chi connectivity index (χ4v) is 2.48. The van der Waals surface area contributed by atoms with E-state index in [0.717, 1.165) is 12.1 Å². The number of Topliss-reactive ketones (excluding diaryl/α,β-unsaturated/α-hetero) is 1. The quantitative estimate of drug-likeness (QED) is 0.520. The third-order valence-corrected chi connectivity index (χ3v) is 3.92. The molecule has 8 heteroatoms. The van der Waals surface area contributed by atoms with Gasteiger partial charge < -0.3 is 15.8 Å². The van der Waals surface area contributed by atoms with Crippen molar-refractivity contribution < 1.29 is 27.5 Å². The molecule has 28 heavy (non-hydrogen) atoms. The van der Waals surface area contributed by atoms with Gasteiger partial charge in [-0.15, -0.1) is 0 Å². The van der Waals surface area contributed by atoms with E-state index in [-0.39, 0.29) is 36.6 Å². The molecule has 0 unspecified atom stereocenters. The van der Waals surface area contributed by atoms with Crippen molar-refractivity contribution >= 4 is 17.4 Å². The maximum atomic E-state index is 12.9. The molecule has 2 rings (SSSR count). The number of nitrogens with two attached hydrogens (primary N) is 1. The van der Waals surface area contributed by atoms with Gasteiger partial charge in [0, 0.05) is 24.2 Å². The zero-order valence-electron chi connectivity index (χ0n) is 15.3. The Morgan fingerprint density at radius 3 is 2.36 bits per heavy atom. The highest BCUT2D eigenvalue weighted by Crippen LogP contribution is 2.32. The Hall–Kier alpha value is -2.87. The monoisotopic (exact) mass is 394 g/mol. The van der Waals surface area contributed by atoms with Crippen molar-refractivity contribution in [1.29, 1.82) is 0 Å². The molecule has 0 fully saturated rings. The molecule has 0 bridgehead atoms. The minimum atomic E-state index is -4.52. The van der Waals surface area contributed by atoms with E-state index >= 15 is 0 Å². The lowest BCUT2D eigenvalue weighted by molar-refractivity contribution is -0.137. The van der Waals surface area contributed by atoms with Crippen LogP contribution in [-0.2, 0) is 17.5 Å². The predicted octanol–water partition coefficient (Wildman–Crippen LogP) is 4.16. The summed E-state index contributed by atoms with van der Waals surface area (Å²) in [6, 6.07) is 9.87. The number of anilines is 1. The van der Waals surface area contributed by atoms with Gasteiger partial charge in [0.05, 0.1) is 12.2 Å². The van der Waals surface area contributed by atoms with Crippen LogP contribution in [0, 0.1) is 0 Å². The van der Waals surface area contributed by atoms with Crippen LogP contribution < -0.4 is 15.8 Å². The second kappa shape index (κ2) is 9.36. The molecule has 150 valence electrons. The molecule has 0 saturated carbocycles. The second-order valence-electron chi connectivity index (χ2n) is 6.20. The Bertz CT molecular complexity index is 834. The molecule has 2 aromatic rings. The first-order valence-electron chi connectivity index (χ1n) is 8.64. The van der Waals surface area contributed by atoms with E-state index in [9.17, 15) is 22.8 Å². The average Bonchev–Trinajstić information content (AvgIpc) is 2.64. The van der Waals surface area contributed by atoms with E-state index in [1.54, 1.807) is 24.3 Å². The van der Waals surface area contributed by atoms with Crippen molar-refractivity contribution in [3.8, 4) is 5.75 Å². The smallest absolute Gasteiger partial charge is 0.416 e. The topological polar surface area (TPSA) is 81.4 Å². The molecule has 2 aromatic carbocycles. The van der Waals surface area contributed by atoms with Crippen molar-refractivity contribution in [3.05, 3.63) is 59.2 Å². The number of halogens is 3. The van der Waals surface area contributed by atoms with E-state index in [0.29, 0.717) is 17.7 Å². The standard InChI is InChI=1S/C20H21F3N2O3/c1-13(26)15-4-6-18(7-5-15)28-8-2-3-19(27)25-17-10-14(12-24)9-16(11-17)20(21,22)23/h4-7,9-11H,2-3,8,12,24H2,1H3,(H,25,27). The summed E-state index contributed by atoms with van der Waals surface area (Å²) in [7, 11) is 0. The summed E-state index contributed by atoms with van der Waals surface area (Å²) in [5, 5.41) is 2.46. The molecule has 3 N–H and O–H groups in total. The fourth-order valence-electron chi connectivity index (χ4n) is 2.48. The number of benzene rings is 2. The van der Waals surface area contributed by atoms with Gasteiger partial charge in [-0.1, -0.05) is 0 Å².